The molecule has 0 N–H and O–H groups in total. The first-order chi connectivity index (χ1) is 13.5. The number of hydrogen-bond acceptors (Lipinski definition) is 5. The average molecular weight is 384 g/mol. The highest BCUT2D eigenvalue weighted by Gasteiger charge is 2.23. The number of hydrogen-bond donors (Lipinski definition) is 0. The summed E-state index contributed by atoms with van der Waals surface area (Å²) in [5.74, 6) is 0.716. The summed E-state index contributed by atoms with van der Waals surface area (Å²) in [5, 5.41) is 4.08. The molecule has 0 aromatic carbocycles. The van der Waals surface area contributed by atoms with E-state index >= 15 is 0 Å². The molecular weight excluding hydrogens is 356 g/mol. The standard InChI is InChI=1S/C20H28N6O2/c1-23-12-6-13-24(2)19(27)15-26(20(28)17-10-11-21-25(17)3)14-5-8-16-7-4-9-18(23)22-16/h4,7,9-11H,5-6,8,12-15H2,1-3H3. The molecule has 2 bridgehead atoms. The first-order valence-electron chi connectivity index (χ1n) is 9.64. The predicted molar refractivity (Wildman–Crippen MR) is 107 cm³/mol. The Morgan fingerprint density at radius 1 is 1.00 bits per heavy atom. The maximum atomic E-state index is 13.0. The molecule has 0 aliphatic carbocycles. The Hall–Kier alpha value is -2.90. The molecule has 1 aliphatic heterocycles. The van der Waals surface area contributed by atoms with Gasteiger partial charge in [0, 0.05) is 52.7 Å². The van der Waals surface area contributed by atoms with Gasteiger partial charge in [-0.05, 0) is 37.5 Å². The van der Waals surface area contributed by atoms with Crippen LogP contribution >= 0.6 is 0 Å². The number of pyridine rings is 1. The second-order valence-corrected chi connectivity index (χ2v) is 7.25. The van der Waals surface area contributed by atoms with Gasteiger partial charge in [0.25, 0.3) is 5.91 Å². The van der Waals surface area contributed by atoms with E-state index in [4.69, 9.17) is 4.98 Å². The minimum atomic E-state index is -0.171. The van der Waals surface area contributed by atoms with E-state index in [0.717, 1.165) is 37.3 Å². The van der Waals surface area contributed by atoms with Crippen LogP contribution in [0.1, 0.15) is 29.0 Å². The SMILES string of the molecule is CN1CCCN(C)c2cccc(n2)CCCN(C(=O)c2ccnn2C)CC1=O. The Bertz CT molecular complexity index is 834. The van der Waals surface area contributed by atoms with Gasteiger partial charge in [0.05, 0.1) is 0 Å². The second-order valence-electron chi connectivity index (χ2n) is 7.25. The van der Waals surface area contributed by atoms with Crippen molar-refractivity contribution in [3.05, 3.63) is 41.9 Å². The van der Waals surface area contributed by atoms with Crippen molar-refractivity contribution in [3.8, 4) is 0 Å². The Balaban J connectivity index is 1.81. The van der Waals surface area contributed by atoms with Crippen LogP contribution in [0.3, 0.4) is 0 Å². The third-order valence-electron chi connectivity index (χ3n) is 5.11. The first-order valence-corrected chi connectivity index (χ1v) is 9.64. The van der Waals surface area contributed by atoms with Crippen LogP contribution in [0, 0.1) is 0 Å². The van der Waals surface area contributed by atoms with Crippen molar-refractivity contribution in [1.82, 2.24) is 24.6 Å². The van der Waals surface area contributed by atoms with Crippen LogP contribution in [-0.4, -0.2) is 76.7 Å². The molecule has 8 heteroatoms. The van der Waals surface area contributed by atoms with Crippen LogP contribution in [0.5, 0.6) is 0 Å². The number of anilines is 1. The fourth-order valence-electron chi connectivity index (χ4n) is 3.34. The van der Waals surface area contributed by atoms with E-state index < -0.39 is 0 Å². The smallest absolute Gasteiger partial charge is 0.272 e. The van der Waals surface area contributed by atoms with Crippen molar-refractivity contribution in [2.45, 2.75) is 19.3 Å². The average Bonchev–Trinajstić information content (AvgIpc) is 3.11. The van der Waals surface area contributed by atoms with E-state index in [1.165, 1.54) is 0 Å². The third kappa shape index (κ3) is 4.68. The summed E-state index contributed by atoms with van der Waals surface area (Å²) in [7, 11) is 5.55. The molecule has 0 atom stereocenters. The van der Waals surface area contributed by atoms with Crippen LogP contribution in [0.2, 0.25) is 0 Å². The lowest BCUT2D eigenvalue weighted by Gasteiger charge is -2.27. The van der Waals surface area contributed by atoms with Gasteiger partial charge in [-0.3, -0.25) is 14.3 Å². The van der Waals surface area contributed by atoms with Crippen LogP contribution in [0.25, 0.3) is 0 Å². The molecular formula is C20H28N6O2. The minimum Gasteiger partial charge on any atom is -0.360 e. The first kappa shape index (κ1) is 19.9. The maximum absolute atomic E-state index is 13.0. The van der Waals surface area contributed by atoms with Crippen molar-refractivity contribution < 1.29 is 9.59 Å². The van der Waals surface area contributed by atoms with E-state index in [1.54, 1.807) is 40.8 Å². The van der Waals surface area contributed by atoms with E-state index in [0.29, 0.717) is 18.8 Å². The fraction of sp³-hybridized carbons (Fsp3) is 0.500. The highest BCUT2D eigenvalue weighted by Crippen LogP contribution is 2.13. The number of fused-ring (bicyclic) bond motifs is 2. The molecule has 3 heterocycles. The number of nitrogens with zero attached hydrogens (tertiary/aromatic N) is 6. The molecule has 0 unspecified atom stereocenters. The molecule has 0 fully saturated rings. The summed E-state index contributed by atoms with van der Waals surface area (Å²) in [6.07, 6.45) is 3.92. The molecule has 3 rings (SSSR count). The Morgan fingerprint density at radius 3 is 2.54 bits per heavy atom. The van der Waals surface area contributed by atoms with Crippen LogP contribution in [0.15, 0.2) is 30.5 Å². The normalized spacial score (nSPS) is 16.8. The topological polar surface area (TPSA) is 74.6 Å². The van der Waals surface area contributed by atoms with E-state index in [9.17, 15) is 9.59 Å². The molecule has 1 aliphatic rings. The third-order valence-corrected chi connectivity index (χ3v) is 5.11. The van der Waals surface area contributed by atoms with Crippen molar-refractivity contribution >= 4 is 17.6 Å². The number of carbonyl (C=O) groups excluding carboxylic acids is 2. The van der Waals surface area contributed by atoms with Crippen molar-refractivity contribution in [2.75, 3.05) is 45.2 Å². The van der Waals surface area contributed by atoms with Crippen LogP contribution < -0.4 is 4.90 Å². The number of aromatic nitrogens is 3. The molecule has 2 amide bonds. The van der Waals surface area contributed by atoms with Crippen LogP contribution in [0.4, 0.5) is 5.82 Å². The van der Waals surface area contributed by atoms with Gasteiger partial charge in [0.1, 0.15) is 18.1 Å². The summed E-state index contributed by atoms with van der Waals surface area (Å²) < 4.78 is 1.54. The number of rotatable bonds is 1. The van der Waals surface area contributed by atoms with Gasteiger partial charge < -0.3 is 14.7 Å². The van der Waals surface area contributed by atoms with E-state index in [2.05, 4.69) is 10.00 Å². The maximum Gasteiger partial charge on any atom is 0.272 e. The van der Waals surface area contributed by atoms with Gasteiger partial charge in [-0.2, -0.15) is 5.10 Å². The molecule has 28 heavy (non-hydrogen) atoms. The quantitative estimate of drug-likeness (QED) is 0.738. The number of carbonyl (C=O) groups is 2. The Labute approximate surface area is 165 Å². The summed E-state index contributed by atoms with van der Waals surface area (Å²) in [6, 6.07) is 7.72. The number of amides is 2. The van der Waals surface area contributed by atoms with Crippen molar-refractivity contribution in [2.24, 2.45) is 7.05 Å². The summed E-state index contributed by atoms with van der Waals surface area (Å²) in [6.45, 7) is 2.01. The van der Waals surface area contributed by atoms with Gasteiger partial charge in [-0.15, -0.1) is 0 Å². The summed E-state index contributed by atoms with van der Waals surface area (Å²) in [5.41, 5.74) is 1.48. The Kier molecular flexibility index (Phi) is 6.28. The van der Waals surface area contributed by atoms with E-state index in [-0.39, 0.29) is 18.4 Å². The molecule has 0 spiro atoms. The second kappa shape index (κ2) is 8.86. The number of likely N-dealkylation sites (N-methyl/N-ethyl adjacent to an activating group) is 1. The summed E-state index contributed by atoms with van der Waals surface area (Å²) in [4.78, 5) is 35.8. The van der Waals surface area contributed by atoms with Gasteiger partial charge in [-0.25, -0.2) is 4.98 Å². The summed E-state index contributed by atoms with van der Waals surface area (Å²) >= 11 is 0. The lowest BCUT2D eigenvalue weighted by atomic mass is 10.2. The van der Waals surface area contributed by atoms with Crippen LogP contribution in [-0.2, 0) is 18.3 Å². The minimum absolute atomic E-state index is 0.0492. The van der Waals surface area contributed by atoms with Gasteiger partial charge in [-0.1, -0.05) is 6.07 Å². The fourth-order valence-corrected chi connectivity index (χ4v) is 3.34. The molecule has 0 saturated carbocycles. The highest BCUT2D eigenvalue weighted by atomic mass is 16.2. The largest absolute Gasteiger partial charge is 0.360 e. The van der Waals surface area contributed by atoms with E-state index in [1.807, 2.05) is 25.2 Å². The highest BCUT2D eigenvalue weighted by molar-refractivity contribution is 5.95. The van der Waals surface area contributed by atoms with Gasteiger partial charge in [0.2, 0.25) is 5.91 Å². The van der Waals surface area contributed by atoms with Crippen molar-refractivity contribution in [1.29, 1.82) is 0 Å². The zero-order valence-electron chi connectivity index (χ0n) is 16.8. The molecule has 150 valence electrons. The molecule has 0 saturated heterocycles. The predicted octanol–water partition coefficient (Wildman–Crippen LogP) is 1.19. The number of aryl methyl sites for hydroxylation is 2. The zero-order chi connectivity index (χ0) is 20.1. The van der Waals surface area contributed by atoms with Gasteiger partial charge in [0.15, 0.2) is 0 Å². The Morgan fingerprint density at radius 2 is 1.79 bits per heavy atom. The monoisotopic (exact) mass is 384 g/mol. The lowest BCUT2D eigenvalue weighted by Crippen LogP contribution is -2.43. The van der Waals surface area contributed by atoms with Gasteiger partial charge >= 0.3 is 0 Å². The zero-order valence-corrected chi connectivity index (χ0v) is 16.8. The lowest BCUT2D eigenvalue weighted by molar-refractivity contribution is -0.130. The molecule has 0 radical (unpaired) electrons. The van der Waals surface area contributed by atoms with Crippen molar-refractivity contribution in [3.63, 3.8) is 0 Å². The molecule has 2 aromatic heterocycles. The molecule has 8 nitrogen and oxygen atoms in total. The molecule has 2 aromatic rings.